The van der Waals surface area contributed by atoms with E-state index in [-0.39, 0.29) is 0 Å². The van der Waals surface area contributed by atoms with Gasteiger partial charge in [0, 0.05) is 17.8 Å². The highest BCUT2D eigenvalue weighted by molar-refractivity contribution is 5.16. The van der Waals surface area contributed by atoms with E-state index in [2.05, 4.69) is 29.4 Å². The minimum Gasteiger partial charge on any atom is -0.316 e. The van der Waals surface area contributed by atoms with Gasteiger partial charge in [-0.1, -0.05) is 13.8 Å². The first-order valence-electron chi connectivity index (χ1n) is 4.39. The molecular weight excluding hydrogens is 150 g/mol. The lowest BCUT2D eigenvalue weighted by Gasteiger charge is -2.04. The molecule has 0 bridgehead atoms. The van der Waals surface area contributed by atoms with E-state index >= 15 is 0 Å². The van der Waals surface area contributed by atoms with Gasteiger partial charge in [-0.25, -0.2) is 0 Å². The molecule has 0 fully saturated rings. The second-order valence-corrected chi connectivity index (χ2v) is 3.50. The van der Waals surface area contributed by atoms with Crippen LogP contribution in [0.4, 0.5) is 0 Å². The molecule has 0 unspecified atom stereocenters. The van der Waals surface area contributed by atoms with E-state index in [4.69, 9.17) is 0 Å². The highest BCUT2D eigenvalue weighted by atomic mass is 15.1. The minimum atomic E-state index is 0.682. The molecule has 1 aromatic rings. The molecule has 0 amide bonds. The first-order valence-corrected chi connectivity index (χ1v) is 4.39. The topological polar surface area (TPSA) is 40.7 Å². The van der Waals surface area contributed by atoms with Crippen molar-refractivity contribution in [2.24, 2.45) is 5.92 Å². The van der Waals surface area contributed by atoms with E-state index in [9.17, 15) is 0 Å². The molecule has 0 spiro atoms. The summed E-state index contributed by atoms with van der Waals surface area (Å²) in [6.45, 7) is 5.33. The Hall–Kier alpha value is -0.830. The first-order chi connectivity index (χ1) is 5.74. The van der Waals surface area contributed by atoms with Crippen LogP contribution in [0.3, 0.4) is 0 Å². The number of aromatic amines is 1. The summed E-state index contributed by atoms with van der Waals surface area (Å²) >= 11 is 0. The molecule has 68 valence electrons. The normalized spacial score (nSPS) is 11.0. The maximum absolute atomic E-state index is 4.03. The number of aromatic nitrogens is 2. The SMILES string of the molecule is CNCc1cn[nH]c1CC(C)C. The van der Waals surface area contributed by atoms with Crippen LogP contribution in [0.5, 0.6) is 0 Å². The van der Waals surface area contributed by atoms with E-state index in [1.807, 2.05) is 13.2 Å². The van der Waals surface area contributed by atoms with Crippen LogP contribution in [0.25, 0.3) is 0 Å². The summed E-state index contributed by atoms with van der Waals surface area (Å²) in [4.78, 5) is 0. The largest absolute Gasteiger partial charge is 0.316 e. The third-order valence-electron chi connectivity index (χ3n) is 1.79. The Balaban J connectivity index is 2.63. The van der Waals surface area contributed by atoms with Gasteiger partial charge in [-0.05, 0) is 19.4 Å². The van der Waals surface area contributed by atoms with Crippen LogP contribution in [-0.2, 0) is 13.0 Å². The van der Waals surface area contributed by atoms with Gasteiger partial charge >= 0.3 is 0 Å². The Labute approximate surface area is 73.6 Å². The van der Waals surface area contributed by atoms with Gasteiger partial charge < -0.3 is 5.32 Å². The summed E-state index contributed by atoms with van der Waals surface area (Å²) in [7, 11) is 1.95. The summed E-state index contributed by atoms with van der Waals surface area (Å²) in [6, 6.07) is 0. The van der Waals surface area contributed by atoms with Crippen LogP contribution in [0.1, 0.15) is 25.1 Å². The van der Waals surface area contributed by atoms with E-state index in [0.717, 1.165) is 13.0 Å². The van der Waals surface area contributed by atoms with E-state index in [1.165, 1.54) is 11.3 Å². The Morgan fingerprint density at radius 1 is 1.58 bits per heavy atom. The second-order valence-electron chi connectivity index (χ2n) is 3.50. The Morgan fingerprint density at radius 2 is 2.33 bits per heavy atom. The lowest BCUT2D eigenvalue weighted by Crippen LogP contribution is -2.07. The average Bonchev–Trinajstić information content (AvgIpc) is 2.37. The molecule has 0 aliphatic rings. The van der Waals surface area contributed by atoms with Crippen LogP contribution < -0.4 is 5.32 Å². The van der Waals surface area contributed by atoms with Crippen molar-refractivity contribution in [2.45, 2.75) is 26.8 Å². The van der Waals surface area contributed by atoms with Crippen LogP contribution in [0.2, 0.25) is 0 Å². The fraction of sp³-hybridized carbons (Fsp3) is 0.667. The predicted molar refractivity (Wildman–Crippen MR) is 49.9 cm³/mol. The number of rotatable bonds is 4. The predicted octanol–water partition coefficient (Wildman–Crippen LogP) is 1.33. The molecule has 3 heteroatoms. The van der Waals surface area contributed by atoms with Gasteiger partial charge in [-0.2, -0.15) is 5.10 Å². The van der Waals surface area contributed by atoms with Gasteiger partial charge in [-0.3, -0.25) is 5.10 Å². The fourth-order valence-corrected chi connectivity index (χ4v) is 1.27. The number of H-pyrrole nitrogens is 1. The molecule has 1 rings (SSSR count). The number of nitrogens with zero attached hydrogens (tertiary/aromatic N) is 1. The van der Waals surface area contributed by atoms with Crippen molar-refractivity contribution in [3.8, 4) is 0 Å². The van der Waals surface area contributed by atoms with Gasteiger partial charge in [0.05, 0.1) is 6.20 Å². The highest BCUT2D eigenvalue weighted by Crippen LogP contribution is 2.09. The third kappa shape index (κ3) is 2.34. The molecule has 0 saturated heterocycles. The maximum atomic E-state index is 4.03. The second kappa shape index (κ2) is 4.26. The van der Waals surface area contributed by atoms with E-state index < -0.39 is 0 Å². The van der Waals surface area contributed by atoms with Gasteiger partial charge in [0.1, 0.15) is 0 Å². The average molecular weight is 167 g/mol. The molecule has 0 aromatic carbocycles. The zero-order valence-electron chi connectivity index (χ0n) is 8.02. The Morgan fingerprint density at radius 3 is 2.92 bits per heavy atom. The first kappa shape index (κ1) is 9.26. The number of hydrogen-bond acceptors (Lipinski definition) is 2. The van der Waals surface area contributed by atoms with Crippen LogP contribution in [0.15, 0.2) is 6.20 Å². The van der Waals surface area contributed by atoms with Gasteiger partial charge in [0.15, 0.2) is 0 Å². The number of hydrogen-bond donors (Lipinski definition) is 2. The Bertz CT molecular complexity index is 227. The van der Waals surface area contributed by atoms with Crippen LogP contribution in [0, 0.1) is 5.92 Å². The summed E-state index contributed by atoms with van der Waals surface area (Å²) in [5.74, 6) is 0.682. The molecule has 12 heavy (non-hydrogen) atoms. The molecule has 0 saturated carbocycles. The van der Waals surface area contributed by atoms with Gasteiger partial charge in [0.25, 0.3) is 0 Å². The lowest BCUT2D eigenvalue weighted by molar-refractivity contribution is 0.626. The molecule has 0 atom stereocenters. The maximum Gasteiger partial charge on any atom is 0.0535 e. The molecule has 1 heterocycles. The van der Waals surface area contributed by atoms with Crippen LogP contribution in [-0.4, -0.2) is 17.2 Å². The summed E-state index contributed by atoms with van der Waals surface area (Å²) in [5, 5.41) is 10.2. The minimum absolute atomic E-state index is 0.682. The molecule has 2 N–H and O–H groups in total. The molecule has 3 nitrogen and oxygen atoms in total. The zero-order valence-corrected chi connectivity index (χ0v) is 8.02. The standard InChI is InChI=1S/C9H17N3/c1-7(2)4-9-8(5-10-3)6-11-12-9/h6-7,10H,4-5H2,1-3H3,(H,11,12). The van der Waals surface area contributed by atoms with Crippen molar-refractivity contribution < 1.29 is 0 Å². The summed E-state index contributed by atoms with van der Waals surface area (Å²) < 4.78 is 0. The van der Waals surface area contributed by atoms with Crippen molar-refractivity contribution in [2.75, 3.05) is 7.05 Å². The van der Waals surface area contributed by atoms with Crippen molar-refractivity contribution in [3.05, 3.63) is 17.5 Å². The van der Waals surface area contributed by atoms with E-state index in [1.54, 1.807) is 0 Å². The number of nitrogens with one attached hydrogen (secondary N) is 2. The van der Waals surface area contributed by atoms with Crippen molar-refractivity contribution in [3.63, 3.8) is 0 Å². The van der Waals surface area contributed by atoms with Gasteiger partial charge in [0.2, 0.25) is 0 Å². The summed E-state index contributed by atoms with van der Waals surface area (Å²) in [5.41, 5.74) is 2.55. The fourth-order valence-electron chi connectivity index (χ4n) is 1.27. The zero-order chi connectivity index (χ0) is 8.97. The lowest BCUT2D eigenvalue weighted by atomic mass is 10.1. The van der Waals surface area contributed by atoms with Gasteiger partial charge in [-0.15, -0.1) is 0 Å². The monoisotopic (exact) mass is 167 g/mol. The van der Waals surface area contributed by atoms with E-state index in [0.29, 0.717) is 5.92 Å². The van der Waals surface area contributed by atoms with Crippen molar-refractivity contribution in [1.82, 2.24) is 15.5 Å². The smallest absolute Gasteiger partial charge is 0.0535 e. The molecular formula is C9H17N3. The third-order valence-corrected chi connectivity index (χ3v) is 1.79. The quantitative estimate of drug-likeness (QED) is 0.710. The molecule has 0 aliphatic heterocycles. The molecule has 0 radical (unpaired) electrons. The summed E-state index contributed by atoms with van der Waals surface area (Å²) in [6.07, 6.45) is 2.98. The highest BCUT2D eigenvalue weighted by Gasteiger charge is 2.05. The Kier molecular flexibility index (Phi) is 3.29. The molecule has 1 aromatic heterocycles. The van der Waals surface area contributed by atoms with Crippen molar-refractivity contribution >= 4 is 0 Å². The molecule has 0 aliphatic carbocycles. The van der Waals surface area contributed by atoms with Crippen LogP contribution >= 0.6 is 0 Å². The van der Waals surface area contributed by atoms with Crippen molar-refractivity contribution in [1.29, 1.82) is 0 Å².